The summed E-state index contributed by atoms with van der Waals surface area (Å²) in [6, 6.07) is 2.11. The van der Waals surface area contributed by atoms with Crippen molar-refractivity contribution in [1.29, 1.82) is 0 Å². The number of halogens is 1. The first-order chi connectivity index (χ1) is 6.17. The normalized spacial score (nSPS) is 11.9. The van der Waals surface area contributed by atoms with E-state index in [1.807, 2.05) is 12.4 Å². The molecule has 1 aromatic heterocycles. The number of hydrogen-bond donors (Lipinski definition) is 2. The fraction of sp³-hybridized carbons (Fsp3) is 0.600. The quantitative estimate of drug-likeness (QED) is 0.553. The van der Waals surface area contributed by atoms with Gasteiger partial charge in [-0.1, -0.05) is 13.8 Å². The molecule has 0 aliphatic rings. The van der Waals surface area contributed by atoms with E-state index in [2.05, 4.69) is 30.2 Å². The minimum absolute atomic E-state index is 0.173. The van der Waals surface area contributed by atoms with Gasteiger partial charge in [0.05, 0.1) is 0 Å². The SMILES string of the molecule is CC(C)(CNCCCl)c1cc[nH]c1. The van der Waals surface area contributed by atoms with Crippen molar-refractivity contribution in [2.24, 2.45) is 0 Å². The molecule has 1 aromatic rings. The molecule has 0 aromatic carbocycles. The van der Waals surface area contributed by atoms with Crippen LogP contribution in [0.1, 0.15) is 19.4 Å². The third-order valence-electron chi connectivity index (χ3n) is 2.22. The molecule has 0 aliphatic heterocycles. The Hall–Kier alpha value is -0.470. The number of nitrogens with one attached hydrogen (secondary N) is 2. The summed E-state index contributed by atoms with van der Waals surface area (Å²) in [5.74, 6) is 0.670. The highest BCUT2D eigenvalue weighted by Gasteiger charge is 2.19. The maximum Gasteiger partial charge on any atom is 0.0348 e. The molecule has 0 unspecified atom stereocenters. The van der Waals surface area contributed by atoms with Crippen molar-refractivity contribution >= 4 is 11.6 Å². The lowest BCUT2D eigenvalue weighted by Crippen LogP contribution is -2.33. The van der Waals surface area contributed by atoms with E-state index < -0.39 is 0 Å². The number of hydrogen-bond acceptors (Lipinski definition) is 1. The molecule has 0 amide bonds. The summed E-state index contributed by atoms with van der Waals surface area (Å²) < 4.78 is 0. The van der Waals surface area contributed by atoms with Crippen LogP contribution in [-0.4, -0.2) is 24.0 Å². The Morgan fingerprint density at radius 2 is 2.31 bits per heavy atom. The number of H-pyrrole nitrogens is 1. The third kappa shape index (κ3) is 3.05. The van der Waals surface area contributed by atoms with Crippen molar-refractivity contribution in [3.8, 4) is 0 Å². The van der Waals surface area contributed by atoms with Gasteiger partial charge in [0.2, 0.25) is 0 Å². The second-order valence-corrected chi connectivity index (χ2v) is 4.23. The van der Waals surface area contributed by atoms with Gasteiger partial charge in [0.1, 0.15) is 0 Å². The molecular weight excluding hydrogens is 184 g/mol. The van der Waals surface area contributed by atoms with E-state index in [-0.39, 0.29) is 5.41 Å². The van der Waals surface area contributed by atoms with Gasteiger partial charge >= 0.3 is 0 Å². The van der Waals surface area contributed by atoms with Gasteiger partial charge in [-0.25, -0.2) is 0 Å². The largest absolute Gasteiger partial charge is 0.367 e. The zero-order chi connectivity index (χ0) is 9.73. The molecular formula is C10H17ClN2. The van der Waals surface area contributed by atoms with E-state index in [1.165, 1.54) is 5.56 Å². The van der Waals surface area contributed by atoms with E-state index in [0.717, 1.165) is 13.1 Å². The summed E-state index contributed by atoms with van der Waals surface area (Å²) >= 11 is 5.59. The predicted octanol–water partition coefficient (Wildman–Crippen LogP) is 2.12. The smallest absolute Gasteiger partial charge is 0.0348 e. The summed E-state index contributed by atoms with van der Waals surface area (Å²) in [5.41, 5.74) is 1.50. The van der Waals surface area contributed by atoms with Gasteiger partial charge in [-0.05, 0) is 11.6 Å². The van der Waals surface area contributed by atoms with E-state index in [0.29, 0.717) is 5.88 Å². The van der Waals surface area contributed by atoms with Crippen LogP contribution in [0.3, 0.4) is 0 Å². The van der Waals surface area contributed by atoms with Gasteiger partial charge in [0.15, 0.2) is 0 Å². The average molecular weight is 201 g/mol. The Bertz CT molecular complexity index is 229. The first-order valence-corrected chi connectivity index (χ1v) is 5.10. The number of aromatic amines is 1. The van der Waals surface area contributed by atoms with Crippen LogP contribution in [0.5, 0.6) is 0 Å². The molecule has 1 heterocycles. The van der Waals surface area contributed by atoms with Gasteiger partial charge in [-0.2, -0.15) is 0 Å². The molecule has 0 aliphatic carbocycles. The fourth-order valence-corrected chi connectivity index (χ4v) is 1.45. The maximum absolute atomic E-state index is 5.59. The van der Waals surface area contributed by atoms with E-state index in [4.69, 9.17) is 11.6 Å². The van der Waals surface area contributed by atoms with Crippen LogP contribution >= 0.6 is 11.6 Å². The highest BCUT2D eigenvalue weighted by Crippen LogP contribution is 2.21. The van der Waals surface area contributed by atoms with Crippen molar-refractivity contribution in [2.45, 2.75) is 19.3 Å². The summed E-state index contributed by atoms with van der Waals surface area (Å²) in [7, 11) is 0. The maximum atomic E-state index is 5.59. The van der Waals surface area contributed by atoms with Crippen LogP contribution in [0.25, 0.3) is 0 Å². The standard InChI is InChI=1S/C10H17ClN2/c1-10(2,8-13-6-4-11)9-3-5-12-7-9/h3,5,7,12-13H,4,6,8H2,1-2H3. The van der Waals surface area contributed by atoms with Crippen LogP contribution in [0, 0.1) is 0 Å². The topological polar surface area (TPSA) is 27.8 Å². The van der Waals surface area contributed by atoms with Crippen molar-refractivity contribution in [3.63, 3.8) is 0 Å². The van der Waals surface area contributed by atoms with Gasteiger partial charge in [-0.3, -0.25) is 0 Å². The minimum atomic E-state index is 0.173. The number of rotatable bonds is 5. The summed E-state index contributed by atoms with van der Waals surface area (Å²) in [6.45, 7) is 6.27. The molecule has 0 saturated carbocycles. The summed E-state index contributed by atoms with van der Waals surface area (Å²) in [4.78, 5) is 3.07. The molecule has 0 bridgehead atoms. The first kappa shape index (κ1) is 10.6. The summed E-state index contributed by atoms with van der Waals surface area (Å²) in [6.07, 6.45) is 4.00. The minimum Gasteiger partial charge on any atom is -0.367 e. The zero-order valence-electron chi connectivity index (χ0n) is 8.23. The van der Waals surface area contributed by atoms with Gasteiger partial charge in [0.25, 0.3) is 0 Å². The molecule has 0 spiro atoms. The lowest BCUT2D eigenvalue weighted by molar-refractivity contribution is 0.479. The summed E-state index contributed by atoms with van der Waals surface area (Å²) in [5, 5.41) is 3.32. The highest BCUT2D eigenvalue weighted by atomic mass is 35.5. The molecule has 0 radical (unpaired) electrons. The molecule has 74 valence electrons. The Labute approximate surface area is 84.7 Å². The fourth-order valence-electron chi connectivity index (χ4n) is 1.31. The second kappa shape index (κ2) is 4.68. The lowest BCUT2D eigenvalue weighted by Gasteiger charge is -2.23. The lowest BCUT2D eigenvalue weighted by atomic mass is 9.86. The van der Waals surface area contributed by atoms with Gasteiger partial charge in [0, 0.05) is 36.8 Å². The Kier molecular flexibility index (Phi) is 3.82. The van der Waals surface area contributed by atoms with Crippen LogP contribution < -0.4 is 5.32 Å². The highest BCUT2D eigenvalue weighted by molar-refractivity contribution is 6.18. The van der Waals surface area contributed by atoms with E-state index in [1.54, 1.807) is 0 Å². The van der Waals surface area contributed by atoms with Crippen LogP contribution in [0.2, 0.25) is 0 Å². The molecule has 0 fully saturated rings. The average Bonchev–Trinajstić information content (AvgIpc) is 2.56. The molecule has 2 N–H and O–H groups in total. The van der Waals surface area contributed by atoms with E-state index >= 15 is 0 Å². The first-order valence-electron chi connectivity index (χ1n) is 4.57. The molecule has 3 heteroatoms. The van der Waals surface area contributed by atoms with Crippen molar-refractivity contribution in [2.75, 3.05) is 19.0 Å². The zero-order valence-corrected chi connectivity index (χ0v) is 8.99. The molecule has 0 saturated heterocycles. The van der Waals surface area contributed by atoms with Crippen molar-refractivity contribution < 1.29 is 0 Å². The van der Waals surface area contributed by atoms with Crippen molar-refractivity contribution in [3.05, 3.63) is 24.0 Å². The van der Waals surface area contributed by atoms with Crippen LogP contribution in [0.4, 0.5) is 0 Å². The predicted molar refractivity (Wildman–Crippen MR) is 57.4 cm³/mol. The molecule has 2 nitrogen and oxygen atoms in total. The Morgan fingerprint density at radius 1 is 1.54 bits per heavy atom. The van der Waals surface area contributed by atoms with Gasteiger partial charge < -0.3 is 10.3 Å². The Morgan fingerprint density at radius 3 is 2.85 bits per heavy atom. The van der Waals surface area contributed by atoms with Crippen LogP contribution in [0.15, 0.2) is 18.5 Å². The number of alkyl halides is 1. The molecule has 0 atom stereocenters. The Balaban J connectivity index is 2.46. The molecule has 13 heavy (non-hydrogen) atoms. The second-order valence-electron chi connectivity index (χ2n) is 3.85. The number of aromatic nitrogens is 1. The molecule has 1 rings (SSSR count). The third-order valence-corrected chi connectivity index (χ3v) is 2.41. The monoisotopic (exact) mass is 200 g/mol. The van der Waals surface area contributed by atoms with E-state index in [9.17, 15) is 0 Å². The van der Waals surface area contributed by atoms with Crippen LogP contribution in [-0.2, 0) is 5.41 Å². The van der Waals surface area contributed by atoms with Gasteiger partial charge in [-0.15, -0.1) is 11.6 Å². The van der Waals surface area contributed by atoms with Crippen molar-refractivity contribution in [1.82, 2.24) is 10.3 Å².